The number of hydrogen-bond acceptors (Lipinski definition) is 3. The molecule has 1 saturated carbocycles. The molecule has 0 heterocycles. The van der Waals surface area contributed by atoms with E-state index < -0.39 is 0 Å². The second kappa shape index (κ2) is 7.09. The minimum absolute atomic E-state index is 0.140. The molecule has 0 aliphatic heterocycles. The number of benzene rings is 1. The second-order valence-corrected chi connectivity index (χ2v) is 5.96. The Balaban J connectivity index is 1.63. The van der Waals surface area contributed by atoms with E-state index in [0.29, 0.717) is 18.7 Å². The van der Waals surface area contributed by atoms with Gasteiger partial charge in [0.05, 0.1) is 3.57 Å². The van der Waals surface area contributed by atoms with E-state index in [0.717, 1.165) is 22.5 Å². The summed E-state index contributed by atoms with van der Waals surface area (Å²) in [5.74, 6) is 0.763. The van der Waals surface area contributed by atoms with Gasteiger partial charge in [-0.05, 0) is 66.0 Å². The van der Waals surface area contributed by atoms with Crippen molar-refractivity contribution in [3.63, 3.8) is 0 Å². The third kappa shape index (κ3) is 4.99. The van der Waals surface area contributed by atoms with Crippen LogP contribution in [0.2, 0.25) is 0 Å². The Labute approximate surface area is 126 Å². The number of carbonyl (C=O) groups excluding carboxylic acids is 1. The first-order valence-electron chi connectivity index (χ1n) is 6.51. The van der Waals surface area contributed by atoms with Crippen LogP contribution < -0.4 is 5.32 Å². The van der Waals surface area contributed by atoms with Gasteiger partial charge in [0.15, 0.2) is 0 Å². The van der Waals surface area contributed by atoms with Gasteiger partial charge in [0.2, 0.25) is 0 Å². The number of carbonyl (C=O) groups is 1. The number of aromatic hydroxyl groups is 1. The number of hydrogen-bond donors (Lipinski definition) is 2. The van der Waals surface area contributed by atoms with Gasteiger partial charge in [0, 0.05) is 25.3 Å². The molecule has 0 saturated heterocycles. The molecular formula is C14H18INO3. The number of phenols is 1. The fourth-order valence-electron chi connectivity index (χ4n) is 1.67. The van der Waals surface area contributed by atoms with Crippen LogP contribution in [0.1, 0.15) is 29.6 Å². The first-order chi connectivity index (χ1) is 9.16. The van der Waals surface area contributed by atoms with Gasteiger partial charge in [-0.15, -0.1) is 0 Å². The maximum absolute atomic E-state index is 11.8. The van der Waals surface area contributed by atoms with Crippen LogP contribution in [0.5, 0.6) is 5.75 Å². The van der Waals surface area contributed by atoms with Gasteiger partial charge in [0.25, 0.3) is 5.91 Å². The van der Waals surface area contributed by atoms with Crippen molar-refractivity contribution in [2.75, 3.05) is 19.8 Å². The highest BCUT2D eigenvalue weighted by Crippen LogP contribution is 2.28. The highest BCUT2D eigenvalue weighted by Gasteiger charge is 2.20. The quantitative estimate of drug-likeness (QED) is 0.569. The topological polar surface area (TPSA) is 58.6 Å². The SMILES string of the molecule is O=C(NCCCOCC1CC1)c1ccc(I)c(O)c1. The highest BCUT2D eigenvalue weighted by atomic mass is 127. The summed E-state index contributed by atoms with van der Waals surface area (Å²) in [6.45, 7) is 2.14. The van der Waals surface area contributed by atoms with E-state index in [4.69, 9.17) is 4.74 Å². The minimum atomic E-state index is -0.158. The maximum Gasteiger partial charge on any atom is 0.251 e. The summed E-state index contributed by atoms with van der Waals surface area (Å²) < 4.78 is 6.23. The zero-order valence-corrected chi connectivity index (χ0v) is 12.9. The minimum Gasteiger partial charge on any atom is -0.507 e. The molecule has 5 heteroatoms. The Morgan fingerprint density at radius 2 is 2.26 bits per heavy atom. The summed E-state index contributed by atoms with van der Waals surface area (Å²) in [6, 6.07) is 4.92. The van der Waals surface area contributed by atoms with Gasteiger partial charge < -0.3 is 15.2 Å². The van der Waals surface area contributed by atoms with E-state index >= 15 is 0 Å². The Hall–Kier alpha value is -0.820. The number of nitrogens with one attached hydrogen (secondary N) is 1. The molecule has 0 atom stereocenters. The third-order valence-corrected chi connectivity index (χ3v) is 3.92. The summed E-state index contributed by atoms with van der Waals surface area (Å²) in [5.41, 5.74) is 0.483. The zero-order chi connectivity index (χ0) is 13.7. The lowest BCUT2D eigenvalue weighted by molar-refractivity contribution is 0.0937. The molecule has 2 N–H and O–H groups in total. The second-order valence-electron chi connectivity index (χ2n) is 4.79. The summed E-state index contributed by atoms with van der Waals surface area (Å²) in [5, 5.41) is 12.4. The van der Waals surface area contributed by atoms with Crippen molar-refractivity contribution in [1.29, 1.82) is 0 Å². The Morgan fingerprint density at radius 1 is 1.47 bits per heavy atom. The average Bonchev–Trinajstić information content (AvgIpc) is 3.20. The molecule has 0 radical (unpaired) electrons. The molecule has 1 aliphatic carbocycles. The molecule has 0 bridgehead atoms. The van der Waals surface area contributed by atoms with Crippen LogP contribution in [0.4, 0.5) is 0 Å². The molecule has 2 rings (SSSR count). The first kappa shape index (κ1) is 14.6. The molecule has 0 aromatic heterocycles. The van der Waals surface area contributed by atoms with Crippen molar-refractivity contribution in [2.45, 2.75) is 19.3 Å². The van der Waals surface area contributed by atoms with Gasteiger partial charge in [0.1, 0.15) is 5.75 Å². The number of halogens is 1. The number of amides is 1. The van der Waals surface area contributed by atoms with Gasteiger partial charge in [-0.2, -0.15) is 0 Å². The standard InChI is InChI=1S/C14H18INO3/c15-12-5-4-11(8-13(12)17)14(18)16-6-1-7-19-9-10-2-3-10/h4-5,8,10,17H,1-3,6-7,9H2,(H,16,18). The van der Waals surface area contributed by atoms with Crippen molar-refractivity contribution < 1.29 is 14.6 Å². The maximum atomic E-state index is 11.8. The molecular weight excluding hydrogens is 357 g/mol. The molecule has 1 amide bonds. The van der Waals surface area contributed by atoms with E-state index in [2.05, 4.69) is 5.32 Å². The Morgan fingerprint density at radius 3 is 2.95 bits per heavy atom. The van der Waals surface area contributed by atoms with Crippen LogP contribution in [-0.2, 0) is 4.74 Å². The van der Waals surface area contributed by atoms with Crippen LogP contribution in [0, 0.1) is 9.49 Å². The third-order valence-electron chi connectivity index (χ3n) is 3.01. The van der Waals surface area contributed by atoms with Gasteiger partial charge in [-0.25, -0.2) is 0 Å². The molecule has 1 aromatic carbocycles. The molecule has 0 unspecified atom stereocenters. The number of phenolic OH excluding ortho intramolecular Hbond substituents is 1. The fraction of sp³-hybridized carbons (Fsp3) is 0.500. The van der Waals surface area contributed by atoms with Crippen molar-refractivity contribution in [3.8, 4) is 5.75 Å². The van der Waals surface area contributed by atoms with E-state index in [1.54, 1.807) is 12.1 Å². The normalized spacial score (nSPS) is 14.4. The molecule has 1 fully saturated rings. The lowest BCUT2D eigenvalue weighted by Gasteiger charge is -2.07. The van der Waals surface area contributed by atoms with E-state index in [1.807, 2.05) is 22.6 Å². The van der Waals surface area contributed by atoms with Gasteiger partial charge in [-0.1, -0.05) is 0 Å². The van der Waals surface area contributed by atoms with Crippen LogP contribution in [-0.4, -0.2) is 30.8 Å². The van der Waals surface area contributed by atoms with Gasteiger partial charge >= 0.3 is 0 Å². The van der Waals surface area contributed by atoms with E-state index in [-0.39, 0.29) is 11.7 Å². The summed E-state index contributed by atoms with van der Waals surface area (Å²) in [7, 11) is 0. The van der Waals surface area contributed by atoms with Gasteiger partial charge in [-0.3, -0.25) is 4.79 Å². The monoisotopic (exact) mass is 375 g/mol. The largest absolute Gasteiger partial charge is 0.507 e. The predicted octanol–water partition coefficient (Wildman–Crippen LogP) is 2.54. The highest BCUT2D eigenvalue weighted by molar-refractivity contribution is 14.1. The fourth-order valence-corrected chi connectivity index (χ4v) is 2.00. The molecule has 1 aromatic rings. The average molecular weight is 375 g/mol. The van der Waals surface area contributed by atoms with E-state index in [1.165, 1.54) is 18.9 Å². The Bertz CT molecular complexity index is 446. The lowest BCUT2D eigenvalue weighted by atomic mass is 10.2. The van der Waals surface area contributed by atoms with Crippen LogP contribution >= 0.6 is 22.6 Å². The first-order valence-corrected chi connectivity index (χ1v) is 7.59. The van der Waals surface area contributed by atoms with Crippen LogP contribution in [0.3, 0.4) is 0 Å². The molecule has 104 valence electrons. The predicted molar refractivity (Wildman–Crippen MR) is 81.3 cm³/mol. The smallest absolute Gasteiger partial charge is 0.251 e. The van der Waals surface area contributed by atoms with Crippen molar-refractivity contribution in [2.24, 2.45) is 5.92 Å². The summed E-state index contributed by atoms with van der Waals surface area (Å²) >= 11 is 2.02. The number of rotatable bonds is 7. The number of ether oxygens (including phenoxy) is 1. The van der Waals surface area contributed by atoms with Crippen molar-refractivity contribution >= 4 is 28.5 Å². The van der Waals surface area contributed by atoms with E-state index in [9.17, 15) is 9.90 Å². The molecule has 1 aliphatic rings. The van der Waals surface area contributed by atoms with Crippen molar-refractivity contribution in [1.82, 2.24) is 5.32 Å². The van der Waals surface area contributed by atoms with Crippen LogP contribution in [0.15, 0.2) is 18.2 Å². The summed E-state index contributed by atoms with van der Waals surface area (Å²) in [6.07, 6.45) is 3.41. The lowest BCUT2D eigenvalue weighted by Crippen LogP contribution is -2.25. The Kier molecular flexibility index (Phi) is 5.45. The van der Waals surface area contributed by atoms with Crippen molar-refractivity contribution in [3.05, 3.63) is 27.3 Å². The molecule has 4 nitrogen and oxygen atoms in total. The molecule has 0 spiro atoms. The zero-order valence-electron chi connectivity index (χ0n) is 10.7. The molecule has 19 heavy (non-hydrogen) atoms. The summed E-state index contributed by atoms with van der Waals surface area (Å²) in [4.78, 5) is 11.8. The van der Waals surface area contributed by atoms with Crippen LogP contribution in [0.25, 0.3) is 0 Å².